The molecule has 1 N–H and O–H groups in total. The molecule has 0 saturated carbocycles. The molecule has 2 rings (SSSR count). The summed E-state index contributed by atoms with van der Waals surface area (Å²) < 4.78 is 77.8. The number of rotatable bonds is 5. The summed E-state index contributed by atoms with van der Waals surface area (Å²) in [4.78, 5) is 26.1. The van der Waals surface area contributed by atoms with Gasteiger partial charge in [0.2, 0.25) is 5.91 Å². The number of carbonyl (C=O) groups is 2. The molecule has 162 valence electrons. The van der Waals surface area contributed by atoms with E-state index in [1.807, 2.05) is 0 Å². The number of thioether (sulfide) groups is 1. The maximum absolute atomic E-state index is 13.0. The van der Waals surface area contributed by atoms with E-state index in [0.717, 1.165) is 16.8 Å². The highest BCUT2D eigenvalue weighted by atomic mass is 32.2. The summed E-state index contributed by atoms with van der Waals surface area (Å²) in [7, 11) is 1.11. The van der Waals surface area contributed by atoms with Gasteiger partial charge < -0.3 is 10.2 Å². The van der Waals surface area contributed by atoms with E-state index in [0.29, 0.717) is 17.8 Å². The molecule has 0 unspecified atom stereocenters. The quantitative estimate of drug-likeness (QED) is 0.506. The van der Waals surface area contributed by atoms with E-state index in [4.69, 9.17) is 0 Å². The first-order valence-electron chi connectivity index (χ1n) is 8.30. The van der Waals surface area contributed by atoms with E-state index in [9.17, 15) is 35.9 Å². The van der Waals surface area contributed by atoms with Gasteiger partial charge in [-0.15, -0.1) is 11.8 Å². The lowest BCUT2D eigenvalue weighted by Crippen LogP contribution is -2.35. The summed E-state index contributed by atoms with van der Waals surface area (Å²) in [6.45, 7) is -0.570. The Kier molecular flexibility index (Phi) is 7.06. The van der Waals surface area contributed by atoms with Crippen LogP contribution in [-0.4, -0.2) is 36.6 Å². The van der Waals surface area contributed by atoms with Gasteiger partial charge in [-0.1, -0.05) is 12.1 Å². The lowest BCUT2D eigenvalue weighted by Gasteiger charge is -2.19. The average molecular weight is 450 g/mol. The molecule has 2 aromatic carbocycles. The average Bonchev–Trinajstić information content (AvgIpc) is 2.65. The fraction of sp³-hybridized carbons (Fsp3) is 0.263. The number of amides is 2. The van der Waals surface area contributed by atoms with E-state index in [1.54, 1.807) is 30.5 Å². The highest BCUT2D eigenvalue weighted by Crippen LogP contribution is 2.36. The predicted molar refractivity (Wildman–Crippen MR) is 100 cm³/mol. The van der Waals surface area contributed by atoms with Crippen LogP contribution in [0.5, 0.6) is 0 Å². The van der Waals surface area contributed by atoms with Crippen LogP contribution in [-0.2, 0) is 17.1 Å². The summed E-state index contributed by atoms with van der Waals surface area (Å²) >= 11 is 1.36. The molecule has 0 aliphatic rings. The smallest absolute Gasteiger partial charge is 0.332 e. The van der Waals surface area contributed by atoms with Gasteiger partial charge in [-0.05, 0) is 36.6 Å². The SMILES string of the molecule is CSc1ccccc1NC(=O)CN(C)C(=O)c1cc(C(F)(F)F)cc(C(F)(F)F)c1. The van der Waals surface area contributed by atoms with Crippen molar-refractivity contribution in [3.63, 3.8) is 0 Å². The van der Waals surface area contributed by atoms with Crippen LogP contribution < -0.4 is 5.32 Å². The lowest BCUT2D eigenvalue weighted by molar-refractivity contribution is -0.143. The van der Waals surface area contributed by atoms with Gasteiger partial charge in [0.15, 0.2) is 0 Å². The van der Waals surface area contributed by atoms with Crippen LogP contribution in [0.2, 0.25) is 0 Å². The van der Waals surface area contributed by atoms with Gasteiger partial charge in [-0.25, -0.2) is 0 Å². The molecule has 0 spiro atoms. The first-order valence-corrected chi connectivity index (χ1v) is 9.53. The highest BCUT2D eigenvalue weighted by Gasteiger charge is 2.37. The van der Waals surface area contributed by atoms with Crippen LogP contribution in [0.4, 0.5) is 32.0 Å². The van der Waals surface area contributed by atoms with Gasteiger partial charge in [0.25, 0.3) is 5.91 Å². The molecule has 0 aliphatic carbocycles. The summed E-state index contributed by atoms with van der Waals surface area (Å²) in [6.07, 6.45) is -8.37. The first-order chi connectivity index (χ1) is 13.8. The molecule has 2 aromatic rings. The van der Waals surface area contributed by atoms with Crippen LogP contribution in [0, 0.1) is 0 Å². The summed E-state index contributed by atoms with van der Waals surface area (Å²) in [6, 6.07) is 7.38. The number of hydrogen-bond donors (Lipinski definition) is 1. The standard InChI is InChI=1S/C19H16F6N2O2S/c1-27(10-16(28)26-14-5-3-4-6-15(14)30-2)17(29)11-7-12(18(20,21)22)9-13(8-11)19(23,24)25/h3-9H,10H2,1-2H3,(H,26,28). The molecule has 0 atom stereocenters. The number of benzene rings is 2. The summed E-state index contributed by atoms with van der Waals surface area (Å²) in [5, 5.41) is 2.56. The van der Waals surface area contributed by atoms with E-state index >= 15 is 0 Å². The largest absolute Gasteiger partial charge is 0.416 e. The predicted octanol–water partition coefficient (Wildman–Crippen LogP) is 5.16. The second-order valence-corrected chi connectivity index (χ2v) is 7.05. The molecule has 0 fully saturated rings. The Labute approximate surface area is 172 Å². The van der Waals surface area contributed by atoms with Crippen LogP contribution in [0.25, 0.3) is 0 Å². The van der Waals surface area contributed by atoms with Crippen LogP contribution in [0.1, 0.15) is 21.5 Å². The molecular formula is C19H16F6N2O2S. The molecule has 0 bridgehead atoms. The molecule has 4 nitrogen and oxygen atoms in total. The number of likely N-dealkylation sites (N-methyl/N-ethyl adjacent to an activating group) is 1. The van der Waals surface area contributed by atoms with E-state index in [2.05, 4.69) is 5.32 Å². The third-order valence-electron chi connectivity index (χ3n) is 3.94. The minimum Gasteiger partial charge on any atom is -0.332 e. The van der Waals surface area contributed by atoms with Gasteiger partial charge >= 0.3 is 12.4 Å². The van der Waals surface area contributed by atoms with Crippen molar-refractivity contribution in [2.45, 2.75) is 17.2 Å². The van der Waals surface area contributed by atoms with Crippen LogP contribution in [0.15, 0.2) is 47.4 Å². The Bertz CT molecular complexity index is 911. The van der Waals surface area contributed by atoms with Crippen molar-refractivity contribution < 1.29 is 35.9 Å². The Morgan fingerprint density at radius 2 is 1.50 bits per heavy atom. The number of hydrogen-bond acceptors (Lipinski definition) is 3. The Morgan fingerprint density at radius 3 is 2.00 bits per heavy atom. The molecule has 0 aliphatic heterocycles. The van der Waals surface area contributed by atoms with E-state index in [-0.39, 0.29) is 6.07 Å². The molecule has 0 saturated heterocycles. The Hall–Kier alpha value is -2.69. The van der Waals surface area contributed by atoms with E-state index < -0.39 is 47.4 Å². The van der Waals surface area contributed by atoms with Gasteiger partial charge in [-0.2, -0.15) is 26.3 Å². The second kappa shape index (κ2) is 8.99. The maximum Gasteiger partial charge on any atom is 0.416 e. The number of nitrogens with one attached hydrogen (secondary N) is 1. The van der Waals surface area contributed by atoms with Crippen molar-refractivity contribution in [1.82, 2.24) is 4.90 Å². The van der Waals surface area contributed by atoms with Crippen molar-refractivity contribution >= 4 is 29.3 Å². The van der Waals surface area contributed by atoms with Gasteiger partial charge in [0.1, 0.15) is 0 Å². The summed E-state index contributed by atoms with van der Waals surface area (Å²) in [5.41, 5.74) is -3.56. The van der Waals surface area contributed by atoms with Crippen molar-refractivity contribution in [2.24, 2.45) is 0 Å². The number of anilines is 1. The number of alkyl halides is 6. The molecule has 0 heterocycles. The Morgan fingerprint density at radius 1 is 0.967 bits per heavy atom. The topological polar surface area (TPSA) is 49.4 Å². The first kappa shape index (κ1) is 23.6. The monoisotopic (exact) mass is 450 g/mol. The molecule has 0 radical (unpaired) electrons. The van der Waals surface area contributed by atoms with Gasteiger partial charge in [0, 0.05) is 17.5 Å². The zero-order valence-corrected chi connectivity index (χ0v) is 16.5. The fourth-order valence-electron chi connectivity index (χ4n) is 2.52. The molecule has 0 aromatic heterocycles. The molecule has 11 heteroatoms. The van der Waals surface area contributed by atoms with Crippen LogP contribution in [0.3, 0.4) is 0 Å². The molecule has 30 heavy (non-hydrogen) atoms. The van der Waals surface area contributed by atoms with Crippen molar-refractivity contribution in [1.29, 1.82) is 0 Å². The third-order valence-corrected chi connectivity index (χ3v) is 4.74. The number of halogens is 6. The number of para-hydroxylation sites is 1. The van der Waals surface area contributed by atoms with Crippen LogP contribution >= 0.6 is 11.8 Å². The third kappa shape index (κ3) is 5.91. The van der Waals surface area contributed by atoms with Crippen molar-refractivity contribution in [2.75, 3.05) is 25.2 Å². The van der Waals surface area contributed by atoms with Crippen molar-refractivity contribution in [3.05, 3.63) is 59.2 Å². The highest BCUT2D eigenvalue weighted by molar-refractivity contribution is 7.98. The van der Waals surface area contributed by atoms with E-state index in [1.165, 1.54) is 11.8 Å². The minimum absolute atomic E-state index is 0.0666. The molecular weight excluding hydrogens is 434 g/mol. The van der Waals surface area contributed by atoms with Gasteiger partial charge in [0.05, 0.1) is 23.4 Å². The minimum atomic E-state index is -5.08. The zero-order chi connectivity index (χ0) is 22.7. The zero-order valence-electron chi connectivity index (χ0n) is 15.7. The fourth-order valence-corrected chi connectivity index (χ4v) is 3.08. The normalized spacial score (nSPS) is 11.9. The lowest BCUT2D eigenvalue weighted by atomic mass is 10.0. The Balaban J connectivity index is 2.23. The maximum atomic E-state index is 13.0. The second-order valence-electron chi connectivity index (χ2n) is 6.20. The number of carbonyl (C=O) groups excluding carboxylic acids is 2. The number of nitrogens with zero attached hydrogens (tertiary/aromatic N) is 1. The van der Waals surface area contributed by atoms with Crippen molar-refractivity contribution in [3.8, 4) is 0 Å². The molecule has 2 amide bonds. The summed E-state index contributed by atoms with van der Waals surface area (Å²) in [5.74, 6) is -1.81. The van der Waals surface area contributed by atoms with Gasteiger partial charge in [-0.3, -0.25) is 9.59 Å².